The number of hydrogen-bond donors (Lipinski definition) is 1. The van der Waals surface area contributed by atoms with Crippen molar-refractivity contribution in [1.29, 1.82) is 0 Å². The number of hydrogen-bond acceptors (Lipinski definition) is 2. The van der Waals surface area contributed by atoms with E-state index in [0.717, 1.165) is 26.1 Å². The lowest BCUT2D eigenvalue weighted by Crippen LogP contribution is -2.41. The van der Waals surface area contributed by atoms with Crippen LogP contribution in [0.1, 0.15) is 60.5 Å². The second-order valence-corrected chi connectivity index (χ2v) is 7.81. The third-order valence-corrected chi connectivity index (χ3v) is 3.81. The molecule has 0 spiro atoms. The number of nitrogens with zero attached hydrogens (tertiary/aromatic N) is 1. The molecule has 0 fully saturated rings. The zero-order valence-electron chi connectivity index (χ0n) is 15.1. The molecule has 0 unspecified atom stereocenters. The van der Waals surface area contributed by atoms with E-state index in [1.54, 1.807) is 0 Å². The molecule has 1 rings (SSSR count). The Kier molecular flexibility index (Phi) is 6.27. The van der Waals surface area contributed by atoms with Gasteiger partial charge in [-0.05, 0) is 57.2 Å². The van der Waals surface area contributed by atoms with Crippen LogP contribution in [0.4, 0.5) is 5.69 Å². The van der Waals surface area contributed by atoms with Gasteiger partial charge < -0.3 is 10.2 Å². The molecule has 120 valence electrons. The molecular weight excluding hydrogens is 256 g/mol. The van der Waals surface area contributed by atoms with Crippen LogP contribution in [0.3, 0.4) is 0 Å². The van der Waals surface area contributed by atoms with E-state index < -0.39 is 0 Å². The summed E-state index contributed by atoms with van der Waals surface area (Å²) in [6.45, 7) is 19.0. The third kappa shape index (κ3) is 6.52. The van der Waals surface area contributed by atoms with E-state index in [2.05, 4.69) is 82.9 Å². The maximum absolute atomic E-state index is 3.69. The summed E-state index contributed by atoms with van der Waals surface area (Å²) in [5.74, 6) is 0. The van der Waals surface area contributed by atoms with Gasteiger partial charge in [0.05, 0.1) is 0 Å². The molecule has 0 atom stereocenters. The first-order valence-electron chi connectivity index (χ1n) is 8.26. The summed E-state index contributed by atoms with van der Waals surface area (Å²) in [4.78, 5) is 2.38. The van der Waals surface area contributed by atoms with Crippen molar-refractivity contribution in [2.75, 3.05) is 18.0 Å². The van der Waals surface area contributed by atoms with Crippen molar-refractivity contribution in [1.82, 2.24) is 5.32 Å². The van der Waals surface area contributed by atoms with Crippen LogP contribution in [0, 0.1) is 5.41 Å². The fraction of sp³-hybridized carbons (Fsp3) is 0.684. The summed E-state index contributed by atoms with van der Waals surface area (Å²) in [6.07, 6.45) is 1.16. The Hall–Kier alpha value is -1.02. The van der Waals surface area contributed by atoms with Gasteiger partial charge in [0.25, 0.3) is 0 Å². The van der Waals surface area contributed by atoms with E-state index in [1.807, 2.05) is 0 Å². The molecule has 2 nitrogen and oxygen atoms in total. The first-order valence-corrected chi connectivity index (χ1v) is 8.26. The van der Waals surface area contributed by atoms with Gasteiger partial charge in [-0.15, -0.1) is 0 Å². The molecule has 2 heteroatoms. The second kappa shape index (κ2) is 7.31. The molecule has 0 aromatic heterocycles. The van der Waals surface area contributed by atoms with Crippen molar-refractivity contribution in [2.45, 2.75) is 67.0 Å². The SMILES string of the molecule is CCN(CC)c1ccc(CNC(C)(C)CC(C)(C)C)cc1. The molecule has 0 aliphatic heterocycles. The molecule has 0 aliphatic carbocycles. The minimum Gasteiger partial charge on any atom is -0.372 e. The maximum Gasteiger partial charge on any atom is 0.0366 e. The van der Waals surface area contributed by atoms with Crippen molar-refractivity contribution < 1.29 is 0 Å². The lowest BCUT2D eigenvalue weighted by Gasteiger charge is -2.33. The van der Waals surface area contributed by atoms with E-state index in [9.17, 15) is 0 Å². The number of rotatable bonds is 7. The molecule has 1 aromatic carbocycles. The Morgan fingerprint density at radius 1 is 0.905 bits per heavy atom. The molecule has 1 aromatic rings. The smallest absolute Gasteiger partial charge is 0.0366 e. The number of benzene rings is 1. The number of anilines is 1. The Labute approximate surface area is 131 Å². The van der Waals surface area contributed by atoms with Crippen molar-refractivity contribution in [2.24, 2.45) is 5.41 Å². The fourth-order valence-electron chi connectivity index (χ4n) is 3.14. The van der Waals surface area contributed by atoms with Crippen LogP contribution >= 0.6 is 0 Å². The monoisotopic (exact) mass is 290 g/mol. The molecule has 1 N–H and O–H groups in total. The zero-order chi connectivity index (χ0) is 16.1. The van der Waals surface area contributed by atoms with Crippen LogP contribution in [-0.4, -0.2) is 18.6 Å². The highest BCUT2D eigenvalue weighted by atomic mass is 15.1. The van der Waals surface area contributed by atoms with Crippen molar-refractivity contribution in [3.8, 4) is 0 Å². The maximum atomic E-state index is 3.69. The van der Waals surface area contributed by atoms with Gasteiger partial charge >= 0.3 is 0 Å². The van der Waals surface area contributed by atoms with Gasteiger partial charge in [0.2, 0.25) is 0 Å². The van der Waals surface area contributed by atoms with E-state index in [0.29, 0.717) is 5.41 Å². The van der Waals surface area contributed by atoms with Gasteiger partial charge in [-0.25, -0.2) is 0 Å². The average molecular weight is 290 g/mol. The highest BCUT2D eigenvalue weighted by molar-refractivity contribution is 5.47. The first-order chi connectivity index (χ1) is 9.67. The van der Waals surface area contributed by atoms with Crippen molar-refractivity contribution >= 4 is 5.69 Å². The predicted molar refractivity (Wildman–Crippen MR) is 95.0 cm³/mol. The van der Waals surface area contributed by atoms with Crippen LogP contribution in [-0.2, 0) is 6.54 Å². The van der Waals surface area contributed by atoms with Gasteiger partial charge in [0.1, 0.15) is 0 Å². The molecule has 0 amide bonds. The summed E-state index contributed by atoms with van der Waals surface area (Å²) in [7, 11) is 0. The molecule has 0 bridgehead atoms. The van der Waals surface area contributed by atoms with E-state index in [4.69, 9.17) is 0 Å². The summed E-state index contributed by atoms with van der Waals surface area (Å²) in [5, 5.41) is 3.69. The summed E-state index contributed by atoms with van der Waals surface area (Å²) in [6, 6.07) is 8.96. The molecule has 21 heavy (non-hydrogen) atoms. The van der Waals surface area contributed by atoms with Crippen LogP contribution in [0.25, 0.3) is 0 Å². The van der Waals surface area contributed by atoms with Crippen LogP contribution < -0.4 is 10.2 Å². The third-order valence-electron chi connectivity index (χ3n) is 3.81. The second-order valence-electron chi connectivity index (χ2n) is 7.81. The van der Waals surface area contributed by atoms with Crippen LogP contribution in [0.15, 0.2) is 24.3 Å². The Bertz CT molecular complexity index is 408. The van der Waals surface area contributed by atoms with Crippen molar-refractivity contribution in [3.63, 3.8) is 0 Å². The molecule has 0 saturated carbocycles. The van der Waals surface area contributed by atoms with Gasteiger partial charge in [-0.1, -0.05) is 32.9 Å². The Morgan fingerprint density at radius 3 is 1.86 bits per heavy atom. The first kappa shape index (κ1) is 18.0. The van der Waals surface area contributed by atoms with E-state index >= 15 is 0 Å². The van der Waals surface area contributed by atoms with Crippen LogP contribution in [0.5, 0.6) is 0 Å². The summed E-state index contributed by atoms with van der Waals surface area (Å²) in [5.41, 5.74) is 3.18. The molecule has 0 radical (unpaired) electrons. The zero-order valence-corrected chi connectivity index (χ0v) is 15.1. The molecule has 0 aliphatic rings. The standard InChI is InChI=1S/C19H34N2/c1-8-21(9-2)17-12-10-16(11-13-17)14-20-19(6,7)15-18(3,4)5/h10-13,20H,8-9,14-15H2,1-7H3. The van der Waals surface area contributed by atoms with Crippen molar-refractivity contribution in [3.05, 3.63) is 29.8 Å². The topological polar surface area (TPSA) is 15.3 Å². The highest BCUT2D eigenvalue weighted by Crippen LogP contribution is 2.27. The van der Waals surface area contributed by atoms with Gasteiger partial charge in [-0.2, -0.15) is 0 Å². The van der Waals surface area contributed by atoms with E-state index in [1.165, 1.54) is 11.3 Å². The highest BCUT2D eigenvalue weighted by Gasteiger charge is 2.24. The normalized spacial score (nSPS) is 12.5. The summed E-state index contributed by atoms with van der Waals surface area (Å²) < 4.78 is 0. The quantitative estimate of drug-likeness (QED) is 0.773. The lowest BCUT2D eigenvalue weighted by atomic mass is 9.82. The molecular formula is C19H34N2. The minimum atomic E-state index is 0.162. The van der Waals surface area contributed by atoms with Gasteiger partial charge in [0, 0.05) is 30.9 Å². The molecule has 0 heterocycles. The number of nitrogens with one attached hydrogen (secondary N) is 1. The Morgan fingerprint density at radius 2 is 1.43 bits per heavy atom. The largest absolute Gasteiger partial charge is 0.372 e. The van der Waals surface area contributed by atoms with Gasteiger partial charge in [-0.3, -0.25) is 0 Å². The fourth-order valence-corrected chi connectivity index (χ4v) is 3.14. The summed E-state index contributed by atoms with van der Waals surface area (Å²) >= 11 is 0. The van der Waals surface area contributed by atoms with Gasteiger partial charge in [0.15, 0.2) is 0 Å². The average Bonchev–Trinajstić information content (AvgIpc) is 2.36. The Balaban J connectivity index is 2.60. The molecule has 0 saturated heterocycles. The predicted octanol–water partition coefficient (Wildman–Crippen LogP) is 4.84. The lowest BCUT2D eigenvalue weighted by molar-refractivity contribution is 0.241. The van der Waals surface area contributed by atoms with Crippen LogP contribution in [0.2, 0.25) is 0 Å². The minimum absolute atomic E-state index is 0.162. The van der Waals surface area contributed by atoms with E-state index in [-0.39, 0.29) is 5.54 Å².